The van der Waals surface area contributed by atoms with Crippen molar-refractivity contribution in [2.45, 2.75) is 13.8 Å². The first-order valence-corrected chi connectivity index (χ1v) is 5.18. The number of hydrogen-bond donors (Lipinski definition) is 0. The predicted molar refractivity (Wildman–Crippen MR) is 71.4 cm³/mol. The van der Waals surface area contributed by atoms with E-state index in [1.54, 1.807) is 0 Å². The minimum atomic E-state index is 0.436. The zero-order chi connectivity index (χ0) is 11.6. The van der Waals surface area contributed by atoms with Gasteiger partial charge in [-0.2, -0.15) is 0 Å². The van der Waals surface area contributed by atoms with Crippen LogP contribution in [0.1, 0.15) is 19.4 Å². The van der Waals surface area contributed by atoms with Crippen molar-refractivity contribution < 1.29 is 0 Å². The predicted octanol–water partition coefficient (Wildman–Crippen LogP) is 1.16. The third-order valence-corrected chi connectivity index (χ3v) is 2.56. The van der Waals surface area contributed by atoms with E-state index in [4.69, 9.17) is 0 Å². The van der Waals surface area contributed by atoms with Crippen molar-refractivity contribution in [2.24, 2.45) is 5.92 Å². The molecule has 0 bridgehead atoms. The van der Waals surface area contributed by atoms with Crippen LogP contribution in [0.4, 0.5) is 0 Å². The fraction of sp³-hybridized carbons (Fsp3) is 0.500. The van der Waals surface area contributed by atoms with Gasteiger partial charge in [0, 0.05) is 0 Å². The van der Waals surface area contributed by atoms with Gasteiger partial charge >= 0.3 is 93.8 Å². The van der Waals surface area contributed by atoms with Crippen LogP contribution in [0.25, 0.3) is 11.4 Å². The SMILES string of the molecule is C=C(c1bbbn1C(=C)C(C)C)N(C)C. The second kappa shape index (κ2) is 4.78. The minimum absolute atomic E-state index is 0.436. The van der Waals surface area contributed by atoms with Gasteiger partial charge in [0.25, 0.3) is 0 Å². The molecular weight excluding hydrogens is 181 g/mol. The Kier molecular flexibility index (Phi) is 3.89. The molecule has 0 N–H and O–H groups in total. The van der Waals surface area contributed by atoms with E-state index < -0.39 is 0 Å². The number of aromatic nitrogens is 1. The van der Waals surface area contributed by atoms with E-state index in [0.717, 1.165) is 17.0 Å². The Hall–Kier alpha value is -0.855. The van der Waals surface area contributed by atoms with Crippen molar-refractivity contribution in [2.75, 3.05) is 14.1 Å². The molecule has 1 aromatic heterocycles. The summed E-state index contributed by atoms with van der Waals surface area (Å²) >= 11 is 0. The van der Waals surface area contributed by atoms with Crippen LogP contribution >= 0.6 is 0 Å². The maximum atomic E-state index is 4.10. The summed E-state index contributed by atoms with van der Waals surface area (Å²) in [6.07, 6.45) is 0. The monoisotopic (exact) mass is 198 g/mol. The molecule has 0 aromatic carbocycles. The summed E-state index contributed by atoms with van der Waals surface area (Å²) in [5, 5.41) is 0. The van der Waals surface area contributed by atoms with E-state index >= 15 is 0 Å². The molecular formula is C10H17B3N2. The molecule has 1 aromatic rings. The average molecular weight is 198 g/mol. The summed E-state index contributed by atoms with van der Waals surface area (Å²) in [4.78, 5) is 2.01. The van der Waals surface area contributed by atoms with Crippen molar-refractivity contribution >= 4 is 31.8 Å². The Morgan fingerprint density at radius 1 is 1.33 bits per heavy atom. The molecule has 1 heterocycles. The molecule has 15 heavy (non-hydrogen) atoms. The van der Waals surface area contributed by atoms with Crippen molar-refractivity contribution in [1.82, 2.24) is 9.37 Å². The summed E-state index contributed by atoms with van der Waals surface area (Å²) in [6, 6.07) is 0. The Morgan fingerprint density at radius 3 is 2.40 bits per heavy atom. The Bertz CT molecular complexity index is 345. The van der Waals surface area contributed by atoms with Crippen LogP contribution in [-0.2, 0) is 0 Å². The molecule has 0 amide bonds. The van der Waals surface area contributed by atoms with Gasteiger partial charge in [-0.1, -0.05) is 0 Å². The van der Waals surface area contributed by atoms with Crippen molar-refractivity contribution in [3.05, 3.63) is 18.7 Å². The van der Waals surface area contributed by atoms with Gasteiger partial charge in [-0.05, 0) is 0 Å². The van der Waals surface area contributed by atoms with Crippen LogP contribution in [-0.4, -0.2) is 43.9 Å². The van der Waals surface area contributed by atoms with E-state index in [9.17, 15) is 0 Å². The van der Waals surface area contributed by atoms with Gasteiger partial charge in [0.05, 0.1) is 0 Å². The van der Waals surface area contributed by atoms with Gasteiger partial charge in [-0.3, -0.25) is 0 Å². The van der Waals surface area contributed by atoms with Crippen LogP contribution in [0.2, 0.25) is 0 Å². The van der Waals surface area contributed by atoms with E-state index in [1.807, 2.05) is 32.6 Å². The van der Waals surface area contributed by atoms with E-state index in [2.05, 4.69) is 38.3 Å². The second-order valence-corrected chi connectivity index (χ2v) is 4.25. The molecule has 5 heteroatoms. The summed E-state index contributed by atoms with van der Waals surface area (Å²) in [5.74, 6) is 0.436. The molecule has 0 saturated carbocycles. The second-order valence-electron chi connectivity index (χ2n) is 4.25. The Morgan fingerprint density at radius 2 is 1.93 bits per heavy atom. The number of rotatable bonds is 4. The molecule has 0 atom stereocenters. The maximum absolute atomic E-state index is 4.10. The molecule has 0 unspecified atom stereocenters. The molecule has 0 aliphatic rings. The summed E-state index contributed by atoms with van der Waals surface area (Å²) in [6.45, 7) is 18.6. The molecule has 0 fully saturated rings. The molecule has 0 spiro atoms. The molecule has 0 aliphatic carbocycles. The van der Waals surface area contributed by atoms with E-state index in [1.165, 1.54) is 0 Å². The molecule has 0 aliphatic heterocycles. The van der Waals surface area contributed by atoms with Crippen molar-refractivity contribution in [3.8, 4) is 0 Å². The molecule has 0 saturated heterocycles. The van der Waals surface area contributed by atoms with E-state index in [-0.39, 0.29) is 0 Å². The average Bonchev–Trinajstić information content (AvgIpc) is 2.63. The van der Waals surface area contributed by atoms with Gasteiger partial charge in [0.2, 0.25) is 0 Å². The molecule has 1 rings (SSSR count). The molecule has 0 radical (unpaired) electrons. The molecule has 2 nitrogen and oxygen atoms in total. The van der Waals surface area contributed by atoms with Gasteiger partial charge in [0.15, 0.2) is 0 Å². The number of hydrogen-bond acceptors (Lipinski definition) is 1. The van der Waals surface area contributed by atoms with Crippen molar-refractivity contribution in [3.63, 3.8) is 0 Å². The fourth-order valence-corrected chi connectivity index (χ4v) is 1.37. The Balaban J connectivity index is 3.07. The van der Waals surface area contributed by atoms with Crippen molar-refractivity contribution in [1.29, 1.82) is 0 Å². The van der Waals surface area contributed by atoms with Gasteiger partial charge in [0.1, 0.15) is 0 Å². The summed E-state index contributed by atoms with van der Waals surface area (Å²) < 4.78 is 2.10. The fourth-order valence-electron chi connectivity index (χ4n) is 1.37. The van der Waals surface area contributed by atoms with Crippen LogP contribution < -0.4 is 0 Å². The van der Waals surface area contributed by atoms with E-state index in [0.29, 0.717) is 5.92 Å². The van der Waals surface area contributed by atoms with Gasteiger partial charge in [-0.25, -0.2) is 0 Å². The standard InChI is InChI=1S/C10H17B3N2/c1-7(2)8(3)15-10(11-12-13-15)9(4)14(5)6/h7H,3-4H2,1-2,5-6H3. The number of allylic oxidation sites excluding steroid dienone is 1. The molecule has 76 valence electrons. The van der Waals surface area contributed by atoms with Crippen LogP contribution in [0.3, 0.4) is 0 Å². The Labute approximate surface area is 94.3 Å². The zero-order valence-electron chi connectivity index (χ0n) is 10.1. The first-order chi connectivity index (χ1) is 6.95. The zero-order valence-corrected chi connectivity index (χ0v) is 10.1. The van der Waals surface area contributed by atoms with Crippen LogP contribution in [0, 0.1) is 5.92 Å². The van der Waals surface area contributed by atoms with Crippen LogP contribution in [0.15, 0.2) is 13.2 Å². The van der Waals surface area contributed by atoms with Crippen LogP contribution in [0.5, 0.6) is 0 Å². The quantitative estimate of drug-likeness (QED) is 0.704. The first-order valence-electron chi connectivity index (χ1n) is 5.18. The summed E-state index contributed by atoms with van der Waals surface area (Å²) in [5.41, 5.74) is 3.21. The topological polar surface area (TPSA) is 8.17 Å². The first kappa shape index (κ1) is 12.2. The van der Waals surface area contributed by atoms with Gasteiger partial charge in [-0.15, -0.1) is 0 Å². The third-order valence-electron chi connectivity index (χ3n) is 2.56. The third kappa shape index (κ3) is 2.58. The summed E-state index contributed by atoms with van der Waals surface area (Å²) in [7, 11) is 4.00. The number of nitrogens with zero attached hydrogens (tertiary/aromatic N) is 2. The van der Waals surface area contributed by atoms with Gasteiger partial charge < -0.3 is 0 Å². The normalized spacial score (nSPS) is 9.67.